The van der Waals surface area contributed by atoms with Crippen LogP contribution in [0.25, 0.3) is 0 Å². The molecule has 192 valence electrons. The lowest BCUT2D eigenvalue weighted by molar-refractivity contribution is -0.130. The summed E-state index contributed by atoms with van der Waals surface area (Å²) in [5.74, 6) is 1.24. The molecule has 4 heterocycles. The number of imidazole rings is 2. The highest BCUT2D eigenvalue weighted by Crippen LogP contribution is 2.30. The lowest BCUT2D eigenvalue weighted by Crippen LogP contribution is -2.28. The van der Waals surface area contributed by atoms with E-state index in [4.69, 9.17) is 11.6 Å². The van der Waals surface area contributed by atoms with Crippen LogP contribution >= 0.6 is 23.4 Å². The third-order valence-corrected chi connectivity index (χ3v) is 7.54. The molecule has 2 fully saturated rings. The fraction of sp³-hybridized carbons (Fsp3) is 0.462. The molecule has 0 radical (unpaired) electrons. The molecule has 2 unspecified atom stereocenters. The second-order valence-electron chi connectivity index (χ2n) is 9.29. The lowest BCUT2D eigenvalue weighted by Gasteiger charge is -2.18. The maximum atomic E-state index is 12.0. The van der Waals surface area contributed by atoms with Crippen LogP contribution in [0.4, 0.5) is 0 Å². The fourth-order valence-electron chi connectivity index (χ4n) is 4.83. The van der Waals surface area contributed by atoms with Crippen LogP contribution in [-0.2, 0) is 22.9 Å². The topological polar surface area (TPSA) is 76.3 Å². The normalized spacial score (nSPS) is 19.6. The molecule has 0 saturated carbocycles. The van der Waals surface area contributed by atoms with E-state index in [1.807, 2.05) is 61.8 Å². The lowest BCUT2D eigenvalue weighted by atomic mass is 9.98. The van der Waals surface area contributed by atoms with Gasteiger partial charge in [0.15, 0.2) is 5.16 Å². The molecule has 2 amide bonds. The van der Waals surface area contributed by atoms with Gasteiger partial charge in [-0.15, -0.1) is 0 Å². The van der Waals surface area contributed by atoms with Crippen molar-refractivity contribution >= 4 is 35.2 Å². The van der Waals surface area contributed by atoms with Gasteiger partial charge in [-0.25, -0.2) is 9.97 Å². The van der Waals surface area contributed by atoms with Crippen LogP contribution in [0.15, 0.2) is 60.5 Å². The maximum Gasteiger partial charge on any atom is 0.224 e. The van der Waals surface area contributed by atoms with Gasteiger partial charge in [0, 0.05) is 61.7 Å². The van der Waals surface area contributed by atoms with Gasteiger partial charge in [0.05, 0.1) is 19.7 Å². The van der Waals surface area contributed by atoms with E-state index in [0.29, 0.717) is 25.7 Å². The van der Waals surface area contributed by atoms with E-state index < -0.39 is 0 Å². The summed E-state index contributed by atoms with van der Waals surface area (Å²) in [6, 6.07) is 7.76. The predicted octanol–water partition coefficient (Wildman–Crippen LogP) is 4.72. The van der Waals surface area contributed by atoms with Crippen molar-refractivity contribution in [3.05, 3.63) is 66.0 Å². The van der Waals surface area contributed by atoms with Gasteiger partial charge in [-0.1, -0.05) is 48.8 Å². The molecule has 2 aliphatic heterocycles. The molecule has 2 atom stereocenters. The summed E-state index contributed by atoms with van der Waals surface area (Å²) in [6.07, 6.45) is 14.6. The van der Waals surface area contributed by atoms with Crippen molar-refractivity contribution in [1.82, 2.24) is 28.9 Å². The Labute approximate surface area is 221 Å². The number of likely N-dealkylation sites (tertiary alicyclic amines) is 2. The minimum absolute atomic E-state index is 0.179. The second kappa shape index (κ2) is 12.5. The van der Waals surface area contributed by atoms with E-state index >= 15 is 0 Å². The molecular weight excluding hydrogens is 496 g/mol. The summed E-state index contributed by atoms with van der Waals surface area (Å²) in [5, 5.41) is 1.69. The predicted molar refractivity (Wildman–Crippen MR) is 141 cm³/mol. The van der Waals surface area contributed by atoms with Crippen molar-refractivity contribution in [3.8, 4) is 0 Å². The van der Waals surface area contributed by atoms with Crippen molar-refractivity contribution in [3.63, 3.8) is 0 Å². The molecule has 1 aromatic carbocycles. The molecule has 36 heavy (non-hydrogen) atoms. The number of thioether (sulfide) groups is 1. The molecule has 10 heteroatoms. The van der Waals surface area contributed by atoms with Gasteiger partial charge < -0.3 is 18.9 Å². The molecular formula is C26H33ClN6O2S. The van der Waals surface area contributed by atoms with Crippen molar-refractivity contribution in [2.45, 2.75) is 57.0 Å². The number of amides is 2. The third kappa shape index (κ3) is 6.70. The molecule has 0 spiro atoms. The Morgan fingerprint density at radius 1 is 1.06 bits per heavy atom. The van der Waals surface area contributed by atoms with E-state index in [9.17, 15) is 9.59 Å². The first-order chi connectivity index (χ1) is 17.5. The van der Waals surface area contributed by atoms with Gasteiger partial charge in [0.2, 0.25) is 11.8 Å². The van der Waals surface area contributed by atoms with Crippen molar-refractivity contribution < 1.29 is 9.59 Å². The number of aromatic nitrogens is 4. The minimum atomic E-state index is 0.179. The first kappa shape index (κ1) is 26.3. The average Bonchev–Trinajstić information content (AvgIpc) is 3.66. The van der Waals surface area contributed by atoms with Crippen LogP contribution in [0, 0.1) is 5.92 Å². The Hall–Kier alpha value is -2.78. The molecule has 5 rings (SSSR count). The van der Waals surface area contributed by atoms with Gasteiger partial charge in [0.1, 0.15) is 0 Å². The van der Waals surface area contributed by atoms with Crippen LogP contribution in [0.3, 0.4) is 0 Å². The summed E-state index contributed by atoms with van der Waals surface area (Å²) in [5.41, 5.74) is 1.13. The highest BCUT2D eigenvalue weighted by atomic mass is 35.5. The van der Waals surface area contributed by atoms with Crippen molar-refractivity contribution in [1.29, 1.82) is 0 Å². The van der Waals surface area contributed by atoms with E-state index in [1.165, 1.54) is 0 Å². The van der Waals surface area contributed by atoms with Crippen LogP contribution in [0.2, 0.25) is 5.02 Å². The average molecular weight is 529 g/mol. The first-order valence-corrected chi connectivity index (χ1v) is 13.9. The zero-order chi connectivity index (χ0) is 25.5. The van der Waals surface area contributed by atoms with Crippen LogP contribution in [0.1, 0.15) is 44.1 Å². The Morgan fingerprint density at radius 2 is 1.86 bits per heavy atom. The number of rotatable bonds is 8. The van der Waals surface area contributed by atoms with Crippen molar-refractivity contribution in [2.24, 2.45) is 5.92 Å². The Kier molecular flexibility index (Phi) is 9.09. The van der Waals surface area contributed by atoms with Gasteiger partial charge in [-0.2, -0.15) is 0 Å². The quantitative estimate of drug-likeness (QED) is 0.395. The third-order valence-electron chi connectivity index (χ3n) is 6.60. The number of halogens is 1. The standard InChI is InChI=1S/C14H14ClN3O.C12H19N3OS/c15-13-3-1-2-11(6-13)12-7-14(19)18(8-12)10-17-5-4-16-9-17;1-3-4-10-7-11(16)15(8-10)9-14-6-5-13-12(14)17-2/h1-6,9,12H,7-8,10H2;5-6,10H,3-4,7-9H2,1-2H3. The number of hydrogen-bond acceptors (Lipinski definition) is 5. The van der Waals surface area contributed by atoms with Crippen LogP contribution in [0.5, 0.6) is 0 Å². The number of hydrogen-bond donors (Lipinski definition) is 0. The minimum Gasteiger partial charge on any atom is -0.324 e. The Morgan fingerprint density at radius 3 is 2.58 bits per heavy atom. The SMILES string of the molecule is CCCC1CC(=O)N(Cn2ccnc2SC)C1.O=C1CC(c2cccc(Cl)c2)CN1Cn1ccnc1. The number of carbonyl (C=O) groups is 2. The van der Waals surface area contributed by atoms with Crippen LogP contribution in [-0.4, -0.2) is 60.1 Å². The zero-order valence-electron chi connectivity index (χ0n) is 20.8. The maximum absolute atomic E-state index is 12.0. The monoisotopic (exact) mass is 528 g/mol. The van der Waals surface area contributed by atoms with Gasteiger partial charge in [-0.05, 0) is 36.3 Å². The number of benzene rings is 1. The largest absolute Gasteiger partial charge is 0.324 e. The van der Waals surface area contributed by atoms with Gasteiger partial charge in [-0.3, -0.25) is 9.59 Å². The zero-order valence-corrected chi connectivity index (χ0v) is 22.4. The summed E-state index contributed by atoms with van der Waals surface area (Å²) in [4.78, 5) is 35.9. The van der Waals surface area contributed by atoms with Gasteiger partial charge >= 0.3 is 0 Å². The smallest absolute Gasteiger partial charge is 0.224 e. The molecule has 3 aromatic rings. The van der Waals surface area contributed by atoms with E-state index in [2.05, 4.69) is 16.9 Å². The van der Waals surface area contributed by atoms with Crippen molar-refractivity contribution in [2.75, 3.05) is 19.3 Å². The second-order valence-corrected chi connectivity index (χ2v) is 10.5. The van der Waals surface area contributed by atoms with Gasteiger partial charge in [0.25, 0.3) is 0 Å². The summed E-state index contributed by atoms with van der Waals surface area (Å²) < 4.78 is 3.94. The van der Waals surface area contributed by atoms with E-state index in [-0.39, 0.29) is 17.7 Å². The highest BCUT2D eigenvalue weighted by molar-refractivity contribution is 7.98. The first-order valence-electron chi connectivity index (χ1n) is 12.3. The van der Waals surface area contributed by atoms with Crippen LogP contribution < -0.4 is 0 Å². The molecule has 0 N–H and O–H groups in total. The molecule has 2 saturated heterocycles. The Bertz CT molecular complexity index is 1150. The highest BCUT2D eigenvalue weighted by Gasteiger charge is 2.31. The summed E-state index contributed by atoms with van der Waals surface area (Å²) in [6.45, 7) is 5.02. The van der Waals surface area contributed by atoms with E-state index in [0.717, 1.165) is 48.1 Å². The number of carbonyl (C=O) groups excluding carboxylic acids is 2. The fourth-order valence-corrected chi connectivity index (χ4v) is 5.55. The van der Waals surface area contributed by atoms with E-state index in [1.54, 1.807) is 30.5 Å². The summed E-state index contributed by atoms with van der Waals surface area (Å²) >= 11 is 7.61. The molecule has 0 aliphatic carbocycles. The molecule has 2 aromatic heterocycles. The molecule has 8 nitrogen and oxygen atoms in total. The summed E-state index contributed by atoms with van der Waals surface area (Å²) in [7, 11) is 0. The molecule has 0 bridgehead atoms. The molecule has 2 aliphatic rings. The Balaban J connectivity index is 0.000000170. The number of nitrogens with zero attached hydrogens (tertiary/aromatic N) is 6.